The van der Waals surface area contributed by atoms with Gasteiger partial charge in [0.05, 0.1) is 18.9 Å². The third kappa shape index (κ3) is 6.31. The number of oxime groups is 1. The molecule has 1 fully saturated rings. The summed E-state index contributed by atoms with van der Waals surface area (Å²) in [7, 11) is 1.35. The lowest BCUT2D eigenvalue weighted by Crippen LogP contribution is -2.40. The van der Waals surface area contributed by atoms with E-state index in [1.54, 1.807) is 37.3 Å². The summed E-state index contributed by atoms with van der Waals surface area (Å²) in [4.78, 5) is 46.2. The Morgan fingerprint density at radius 3 is 2.44 bits per heavy atom. The molecule has 0 saturated carbocycles. The van der Waals surface area contributed by atoms with Gasteiger partial charge < -0.3 is 24.7 Å². The predicted molar refractivity (Wildman–Crippen MR) is 143 cm³/mol. The molecular formula is C28H30F2N4O5. The van der Waals surface area contributed by atoms with Gasteiger partial charge in [0.2, 0.25) is 5.91 Å². The van der Waals surface area contributed by atoms with E-state index in [-0.39, 0.29) is 23.4 Å². The Hall–Kier alpha value is -4.12. The van der Waals surface area contributed by atoms with E-state index in [0.717, 1.165) is 6.08 Å². The van der Waals surface area contributed by atoms with E-state index in [0.29, 0.717) is 44.1 Å². The number of alkyl halides is 2. The van der Waals surface area contributed by atoms with E-state index in [4.69, 9.17) is 4.74 Å². The molecule has 39 heavy (non-hydrogen) atoms. The molecular weight excluding hydrogens is 510 g/mol. The summed E-state index contributed by atoms with van der Waals surface area (Å²) in [6, 6.07) is 12.5. The first kappa shape index (κ1) is 27.9. The van der Waals surface area contributed by atoms with E-state index in [9.17, 15) is 14.4 Å². The zero-order chi connectivity index (χ0) is 28.0. The second-order valence-electron chi connectivity index (χ2n) is 9.03. The predicted octanol–water partition coefficient (Wildman–Crippen LogP) is 3.97. The van der Waals surface area contributed by atoms with Crippen LogP contribution in [0.15, 0.2) is 59.8 Å². The van der Waals surface area contributed by atoms with Gasteiger partial charge in [-0.05, 0) is 36.8 Å². The molecule has 0 radical (unpaired) electrons. The van der Waals surface area contributed by atoms with Crippen LogP contribution < -0.4 is 10.2 Å². The molecule has 0 atom stereocenters. The number of fused-ring (bicyclic) bond motifs is 1. The number of nitrogens with zero attached hydrogens (tertiary/aromatic N) is 3. The minimum atomic E-state index is -3.33. The monoisotopic (exact) mass is 540 g/mol. The molecule has 2 aromatic rings. The molecule has 0 aliphatic carbocycles. The van der Waals surface area contributed by atoms with Crippen molar-refractivity contribution in [2.24, 2.45) is 5.16 Å². The van der Waals surface area contributed by atoms with Gasteiger partial charge in [0.15, 0.2) is 0 Å². The summed E-state index contributed by atoms with van der Waals surface area (Å²) in [5.41, 5.74) is 0.903. The standard InChI is InChI=1S/C28H30F2N4O5/c1-3-23(32-38-2)26(36)31-20-10-8-19(9-11-20)27(37)34-13-12-28(29,30)22(21-6-4-5-7-24(21)34)18-25(35)33-14-16-39-17-15-33/h4-11,18H,3,12-17H2,1-2H3,(H,31,36)/b22-18-,32-23+. The van der Waals surface area contributed by atoms with Crippen LogP contribution in [0, 0.1) is 0 Å². The van der Waals surface area contributed by atoms with Crippen molar-refractivity contribution in [3.8, 4) is 0 Å². The summed E-state index contributed by atoms with van der Waals surface area (Å²) < 4.78 is 36.1. The maximum absolute atomic E-state index is 15.4. The number of para-hydroxylation sites is 1. The van der Waals surface area contributed by atoms with Gasteiger partial charge in [0.25, 0.3) is 17.7 Å². The van der Waals surface area contributed by atoms with Crippen LogP contribution in [0.5, 0.6) is 0 Å². The van der Waals surface area contributed by atoms with Crippen molar-refractivity contribution in [2.45, 2.75) is 25.7 Å². The van der Waals surface area contributed by atoms with Crippen molar-refractivity contribution in [1.29, 1.82) is 0 Å². The number of allylic oxidation sites excluding steroid dienone is 1. The molecule has 1 N–H and O–H groups in total. The lowest BCUT2D eigenvalue weighted by atomic mass is 9.96. The Morgan fingerprint density at radius 1 is 1.08 bits per heavy atom. The highest BCUT2D eigenvalue weighted by Gasteiger charge is 2.41. The van der Waals surface area contributed by atoms with Crippen molar-refractivity contribution >= 4 is 40.4 Å². The minimum absolute atomic E-state index is 0.128. The zero-order valence-corrected chi connectivity index (χ0v) is 21.8. The van der Waals surface area contributed by atoms with Gasteiger partial charge in [-0.1, -0.05) is 30.3 Å². The number of ether oxygens (including phenoxy) is 1. The maximum Gasteiger partial charge on any atom is 0.275 e. The molecule has 2 aliphatic rings. The Kier molecular flexibility index (Phi) is 8.70. The molecule has 0 unspecified atom stereocenters. The quantitative estimate of drug-likeness (QED) is 0.340. The van der Waals surface area contributed by atoms with Crippen LogP contribution in [0.25, 0.3) is 5.57 Å². The van der Waals surface area contributed by atoms with E-state index in [1.165, 1.54) is 35.1 Å². The highest BCUT2D eigenvalue weighted by atomic mass is 19.3. The molecule has 2 aliphatic heterocycles. The summed E-state index contributed by atoms with van der Waals surface area (Å²) in [6.07, 6.45) is 0.708. The Labute approximate surface area is 225 Å². The third-order valence-corrected chi connectivity index (χ3v) is 6.55. The van der Waals surface area contributed by atoms with E-state index in [2.05, 4.69) is 15.3 Å². The van der Waals surface area contributed by atoms with Gasteiger partial charge >= 0.3 is 0 Å². The van der Waals surface area contributed by atoms with Gasteiger partial charge in [-0.3, -0.25) is 14.4 Å². The SMILES string of the molecule is CC/C(=N\OC)C(=O)Nc1ccc(C(=O)N2CCC(F)(F)/C(=C\C(=O)N3CCOCC3)c3ccccc32)cc1. The minimum Gasteiger partial charge on any atom is -0.399 e. The number of anilines is 2. The summed E-state index contributed by atoms with van der Waals surface area (Å²) >= 11 is 0. The molecule has 2 heterocycles. The van der Waals surface area contributed by atoms with Gasteiger partial charge in [0.1, 0.15) is 12.8 Å². The number of hydrogen-bond acceptors (Lipinski definition) is 6. The van der Waals surface area contributed by atoms with Crippen LogP contribution >= 0.6 is 0 Å². The summed E-state index contributed by atoms with van der Waals surface area (Å²) in [5, 5.41) is 6.37. The topological polar surface area (TPSA) is 101 Å². The van der Waals surface area contributed by atoms with Crippen LogP contribution in [-0.4, -0.2) is 74.2 Å². The lowest BCUT2D eigenvalue weighted by molar-refractivity contribution is -0.130. The molecule has 4 rings (SSSR count). The van der Waals surface area contributed by atoms with Gasteiger partial charge in [-0.15, -0.1) is 0 Å². The number of halogens is 2. The number of nitrogens with one attached hydrogen (secondary N) is 1. The van der Waals surface area contributed by atoms with Crippen LogP contribution in [0.4, 0.5) is 20.2 Å². The lowest BCUT2D eigenvalue weighted by Gasteiger charge is -2.27. The number of benzene rings is 2. The second kappa shape index (κ2) is 12.2. The van der Waals surface area contributed by atoms with Crippen LogP contribution in [0.2, 0.25) is 0 Å². The Bertz CT molecular complexity index is 1290. The molecule has 206 valence electrons. The third-order valence-electron chi connectivity index (χ3n) is 6.55. The fourth-order valence-corrected chi connectivity index (χ4v) is 4.47. The van der Waals surface area contributed by atoms with Crippen molar-refractivity contribution in [3.63, 3.8) is 0 Å². The van der Waals surface area contributed by atoms with Crippen molar-refractivity contribution < 1.29 is 32.7 Å². The molecule has 1 saturated heterocycles. The average Bonchev–Trinajstić information content (AvgIpc) is 3.05. The number of hydrogen-bond donors (Lipinski definition) is 1. The average molecular weight is 541 g/mol. The van der Waals surface area contributed by atoms with E-state index in [1.807, 2.05) is 0 Å². The molecule has 0 bridgehead atoms. The molecule has 9 nitrogen and oxygen atoms in total. The first-order chi connectivity index (χ1) is 18.7. The van der Waals surface area contributed by atoms with E-state index >= 15 is 8.78 Å². The molecule has 11 heteroatoms. The van der Waals surface area contributed by atoms with E-state index < -0.39 is 35.6 Å². The van der Waals surface area contributed by atoms with Crippen molar-refractivity contribution in [2.75, 3.05) is 50.2 Å². The molecule has 2 aromatic carbocycles. The number of carbonyl (C=O) groups is 3. The second-order valence-corrected chi connectivity index (χ2v) is 9.03. The van der Waals surface area contributed by atoms with Gasteiger partial charge in [0, 0.05) is 54.5 Å². The summed E-state index contributed by atoms with van der Waals surface area (Å²) in [5.74, 6) is -4.76. The Morgan fingerprint density at radius 2 is 1.77 bits per heavy atom. The molecule has 0 aromatic heterocycles. The fraction of sp³-hybridized carbons (Fsp3) is 0.357. The van der Waals surface area contributed by atoms with Crippen LogP contribution in [0.3, 0.4) is 0 Å². The number of rotatable bonds is 6. The van der Waals surface area contributed by atoms with Crippen molar-refractivity contribution in [1.82, 2.24) is 4.90 Å². The van der Waals surface area contributed by atoms with Crippen LogP contribution in [0.1, 0.15) is 35.7 Å². The fourth-order valence-electron chi connectivity index (χ4n) is 4.47. The number of morpholine rings is 1. The first-order valence-electron chi connectivity index (χ1n) is 12.6. The van der Waals surface area contributed by atoms with Gasteiger partial charge in [-0.25, -0.2) is 8.78 Å². The zero-order valence-electron chi connectivity index (χ0n) is 21.8. The number of carbonyl (C=O) groups excluding carboxylic acids is 3. The number of amides is 3. The highest BCUT2D eigenvalue weighted by Crippen LogP contribution is 2.43. The van der Waals surface area contributed by atoms with Crippen LogP contribution in [-0.2, 0) is 19.2 Å². The normalized spacial score (nSPS) is 18.3. The van der Waals surface area contributed by atoms with Gasteiger partial charge in [-0.2, -0.15) is 0 Å². The first-order valence-corrected chi connectivity index (χ1v) is 12.6. The Balaban J connectivity index is 1.60. The highest BCUT2D eigenvalue weighted by molar-refractivity contribution is 6.42. The maximum atomic E-state index is 15.4. The van der Waals surface area contributed by atoms with Crippen molar-refractivity contribution in [3.05, 3.63) is 65.7 Å². The molecule has 0 spiro atoms. The smallest absolute Gasteiger partial charge is 0.275 e. The molecule has 3 amide bonds. The largest absolute Gasteiger partial charge is 0.399 e. The summed E-state index contributed by atoms with van der Waals surface area (Å²) in [6.45, 7) is 2.88.